The molecular weight excluding hydrogens is 162 g/mol. The summed E-state index contributed by atoms with van der Waals surface area (Å²) in [6.07, 6.45) is -0.876. The Hall–Kier alpha value is -0.650. The van der Waals surface area contributed by atoms with E-state index < -0.39 is 18.2 Å². The number of aliphatic hydroxyl groups is 1. The van der Waals surface area contributed by atoms with E-state index in [1.54, 1.807) is 0 Å². The third-order valence-corrected chi connectivity index (χ3v) is 2.00. The van der Waals surface area contributed by atoms with Crippen molar-refractivity contribution in [3.05, 3.63) is 0 Å². The van der Waals surface area contributed by atoms with Crippen LogP contribution >= 0.6 is 0 Å². The molecule has 1 aliphatic heterocycles. The fraction of sp³-hybridized carbons (Fsp3) is 0.857. The summed E-state index contributed by atoms with van der Waals surface area (Å²) in [5.74, 6) is -0.996. The molecule has 12 heavy (non-hydrogen) atoms. The van der Waals surface area contributed by atoms with Gasteiger partial charge in [0.15, 0.2) is 6.10 Å². The number of carboxylic acids is 1. The highest BCUT2D eigenvalue weighted by Crippen LogP contribution is 2.12. The van der Waals surface area contributed by atoms with E-state index in [4.69, 9.17) is 14.9 Å². The van der Waals surface area contributed by atoms with E-state index in [9.17, 15) is 4.79 Å². The Bertz CT molecular complexity index is 173. The van der Waals surface area contributed by atoms with Gasteiger partial charge in [-0.25, -0.2) is 4.79 Å². The molecule has 1 rings (SSSR count). The molecule has 0 aliphatic carbocycles. The molecule has 5 heteroatoms. The number of hydrogen-bond donors (Lipinski definition) is 3. The summed E-state index contributed by atoms with van der Waals surface area (Å²) in [5, 5.41) is 20.7. The van der Waals surface area contributed by atoms with E-state index >= 15 is 0 Å². The highest BCUT2D eigenvalue weighted by Gasteiger charge is 2.33. The summed E-state index contributed by atoms with van der Waals surface area (Å²) in [7, 11) is 1.35. The van der Waals surface area contributed by atoms with Gasteiger partial charge in [-0.05, 0) is 6.42 Å². The predicted octanol–water partition coefficient (Wildman–Crippen LogP) is -1.19. The number of aliphatic carboxylic acids is 1. The lowest BCUT2D eigenvalue weighted by Crippen LogP contribution is -2.41. The predicted molar refractivity (Wildman–Crippen MR) is 40.8 cm³/mol. The first kappa shape index (κ1) is 9.44. The maximum Gasteiger partial charge on any atom is 0.334 e. The van der Waals surface area contributed by atoms with E-state index in [0.29, 0.717) is 13.0 Å². The van der Waals surface area contributed by atoms with Crippen LogP contribution in [0.15, 0.2) is 0 Å². The summed E-state index contributed by atoms with van der Waals surface area (Å²) in [5.41, 5.74) is 0. The number of β-amino-alcohol motifs (C(OH)–C–C–N with tert-alkyl or cyclic N) is 1. The van der Waals surface area contributed by atoms with Crippen LogP contribution in [0.25, 0.3) is 0 Å². The van der Waals surface area contributed by atoms with Gasteiger partial charge in [0.25, 0.3) is 0 Å². The lowest BCUT2D eigenvalue weighted by molar-refractivity contribution is -0.150. The van der Waals surface area contributed by atoms with Crippen LogP contribution in [0.1, 0.15) is 6.42 Å². The summed E-state index contributed by atoms with van der Waals surface area (Å²) in [6, 6.07) is -0.275. The summed E-state index contributed by atoms with van der Waals surface area (Å²) in [4.78, 5) is 10.6. The quantitative estimate of drug-likeness (QED) is 0.502. The van der Waals surface area contributed by atoms with Gasteiger partial charge < -0.3 is 20.3 Å². The van der Waals surface area contributed by atoms with Crippen LogP contribution in [0.4, 0.5) is 0 Å². The molecule has 1 unspecified atom stereocenters. The molecule has 3 N–H and O–H groups in total. The highest BCUT2D eigenvalue weighted by atomic mass is 16.5. The first-order valence-corrected chi connectivity index (χ1v) is 3.82. The third-order valence-electron chi connectivity index (χ3n) is 2.00. The molecule has 5 nitrogen and oxygen atoms in total. The molecule has 0 aromatic heterocycles. The van der Waals surface area contributed by atoms with Crippen molar-refractivity contribution in [1.29, 1.82) is 0 Å². The number of rotatable bonds is 3. The fourth-order valence-corrected chi connectivity index (χ4v) is 1.42. The van der Waals surface area contributed by atoms with E-state index in [1.807, 2.05) is 0 Å². The standard InChI is InChI=1S/C7H13NO4/c1-12-6(7(10)11)5-2-4(9)3-8-5/h4-6,8-9H,2-3H2,1H3,(H,10,11)/t4-,5+,6?/m1/s1. The largest absolute Gasteiger partial charge is 0.479 e. The van der Waals surface area contributed by atoms with Gasteiger partial charge in [0.2, 0.25) is 0 Å². The second-order valence-corrected chi connectivity index (χ2v) is 2.90. The molecule has 0 amide bonds. The van der Waals surface area contributed by atoms with Gasteiger partial charge in [-0.1, -0.05) is 0 Å². The normalized spacial score (nSPS) is 31.8. The molecule has 0 saturated carbocycles. The second-order valence-electron chi connectivity index (χ2n) is 2.90. The number of nitrogens with one attached hydrogen (secondary N) is 1. The van der Waals surface area contributed by atoms with Crippen molar-refractivity contribution in [2.45, 2.75) is 24.7 Å². The van der Waals surface area contributed by atoms with Crippen molar-refractivity contribution in [3.63, 3.8) is 0 Å². The molecule has 1 aliphatic rings. The molecule has 0 bridgehead atoms. The van der Waals surface area contributed by atoms with Crippen molar-refractivity contribution in [2.24, 2.45) is 0 Å². The Labute approximate surface area is 70.3 Å². The summed E-state index contributed by atoms with van der Waals surface area (Å²) < 4.78 is 4.77. The van der Waals surface area contributed by atoms with Crippen molar-refractivity contribution in [3.8, 4) is 0 Å². The molecule has 1 fully saturated rings. The minimum atomic E-state index is -0.996. The Morgan fingerprint density at radius 1 is 1.75 bits per heavy atom. The maximum absolute atomic E-state index is 10.6. The van der Waals surface area contributed by atoms with Gasteiger partial charge in [-0.3, -0.25) is 0 Å². The van der Waals surface area contributed by atoms with Crippen LogP contribution in [-0.2, 0) is 9.53 Å². The number of carbonyl (C=O) groups is 1. The van der Waals surface area contributed by atoms with Crippen LogP contribution in [0, 0.1) is 0 Å². The number of methoxy groups -OCH3 is 1. The van der Waals surface area contributed by atoms with E-state index in [1.165, 1.54) is 7.11 Å². The molecule has 0 aromatic rings. The first-order valence-electron chi connectivity index (χ1n) is 3.82. The van der Waals surface area contributed by atoms with E-state index in [0.717, 1.165) is 0 Å². The van der Waals surface area contributed by atoms with Crippen LogP contribution < -0.4 is 5.32 Å². The zero-order valence-electron chi connectivity index (χ0n) is 6.86. The van der Waals surface area contributed by atoms with Gasteiger partial charge in [0.05, 0.1) is 6.10 Å². The summed E-state index contributed by atoms with van der Waals surface area (Å²) >= 11 is 0. The first-order chi connectivity index (χ1) is 5.65. The Kier molecular flexibility index (Phi) is 3.02. The van der Waals surface area contributed by atoms with Gasteiger partial charge >= 0.3 is 5.97 Å². The van der Waals surface area contributed by atoms with Crippen molar-refractivity contribution in [2.75, 3.05) is 13.7 Å². The Morgan fingerprint density at radius 3 is 2.75 bits per heavy atom. The zero-order chi connectivity index (χ0) is 9.14. The zero-order valence-corrected chi connectivity index (χ0v) is 6.86. The molecule has 70 valence electrons. The topological polar surface area (TPSA) is 78.8 Å². The van der Waals surface area contributed by atoms with E-state index in [2.05, 4.69) is 5.32 Å². The van der Waals surface area contributed by atoms with Gasteiger partial charge in [-0.15, -0.1) is 0 Å². The van der Waals surface area contributed by atoms with Crippen molar-refractivity contribution < 1.29 is 19.7 Å². The molecule has 3 atom stereocenters. The monoisotopic (exact) mass is 175 g/mol. The Balaban J connectivity index is 2.49. The van der Waals surface area contributed by atoms with Crippen LogP contribution in [0.5, 0.6) is 0 Å². The molecule has 1 heterocycles. The minimum Gasteiger partial charge on any atom is -0.479 e. The summed E-state index contributed by atoms with van der Waals surface area (Å²) in [6.45, 7) is 0.442. The lowest BCUT2D eigenvalue weighted by atomic mass is 10.1. The third kappa shape index (κ3) is 1.94. The minimum absolute atomic E-state index is 0.275. The number of aliphatic hydroxyl groups excluding tert-OH is 1. The van der Waals surface area contributed by atoms with Crippen molar-refractivity contribution in [1.82, 2.24) is 5.32 Å². The van der Waals surface area contributed by atoms with Crippen molar-refractivity contribution >= 4 is 5.97 Å². The second kappa shape index (κ2) is 3.84. The fourth-order valence-electron chi connectivity index (χ4n) is 1.42. The molecule has 0 aromatic carbocycles. The molecule has 0 radical (unpaired) electrons. The van der Waals surface area contributed by atoms with Crippen LogP contribution in [0.3, 0.4) is 0 Å². The molecule has 1 saturated heterocycles. The highest BCUT2D eigenvalue weighted by molar-refractivity contribution is 5.73. The molecular formula is C7H13NO4. The van der Waals surface area contributed by atoms with Gasteiger partial charge in [0, 0.05) is 19.7 Å². The average molecular weight is 175 g/mol. The maximum atomic E-state index is 10.6. The average Bonchev–Trinajstić information content (AvgIpc) is 2.37. The Morgan fingerprint density at radius 2 is 2.42 bits per heavy atom. The van der Waals surface area contributed by atoms with Gasteiger partial charge in [0.1, 0.15) is 0 Å². The van der Waals surface area contributed by atoms with Gasteiger partial charge in [-0.2, -0.15) is 0 Å². The van der Waals surface area contributed by atoms with Crippen LogP contribution in [-0.4, -0.2) is 48.1 Å². The molecule has 0 spiro atoms. The number of hydrogen-bond acceptors (Lipinski definition) is 4. The lowest BCUT2D eigenvalue weighted by Gasteiger charge is -2.17. The smallest absolute Gasteiger partial charge is 0.334 e. The van der Waals surface area contributed by atoms with E-state index in [-0.39, 0.29) is 6.04 Å². The number of carboxylic acid groups (broad SMARTS) is 1. The SMILES string of the molecule is COC(C(=O)O)[C@@H]1C[C@@H](O)CN1. The van der Waals surface area contributed by atoms with Crippen LogP contribution in [0.2, 0.25) is 0 Å². The number of ether oxygens (including phenoxy) is 1.